The summed E-state index contributed by atoms with van der Waals surface area (Å²) in [5, 5.41) is 12.1. The summed E-state index contributed by atoms with van der Waals surface area (Å²) in [5.41, 5.74) is 5.43. The molecule has 1 heterocycles. The summed E-state index contributed by atoms with van der Waals surface area (Å²) in [7, 11) is -3.92. The minimum absolute atomic E-state index is 0.0959. The van der Waals surface area contributed by atoms with E-state index in [1.807, 2.05) is 0 Å². The first-order valence-electron chi connectivity index (χ1n) is 4.95. The molecule has 0 saturated carbocycles. The zero-order valence-corrected chi connectivity index (χ0v) is 10.2. The van der Waals surface area contributed by atoms with Crippen molar-refractivity contribution in [2.75, 3.05) is 10.5 Å². The molecule has 0 unspecified atom stereocenters. The molecule has 0 aliphatic rings. The molecule has 100 valence electrons. The molecule has 0 saturated heterocycles. The Bertz CT molecular complexity index is 709. The van der Waals surface area contributed by atoms with Gasteiger partial charge in [0.2, 0.25) is 0 Å². The molecular weight excluding hydrogens is 274 g/mol. The Morgan fingerprint density at radius 3 is 2.68 bits per heavy atom. The van der Waals surface area contributed by atoms with Gasteiger partial charge in [-0.15, -0.1) is 0 Å². The first-order chi connectivity index (χ1) is 8.90. The predicted molar refractivity (Wildman–Crippen MR) is 65.1 cm³/mol. The first kappa shape index (κ1) is 12.9. The molecule has 19 heavy (non-hydrogen) atoms. The second-order valence-electron chi connectivity index (χ2n) is 3.58. The van der Waals surface area contributed by atoms with Gasteiger partial charge in [-0.05, 0) is 18.2 Å². The molecule has 0 radical (unpaired) electrons. The molecule has 0 atom stereocenters. The number of carbonyl (C=O) groups is 1. The lowest BCUT2D eigenvalue weighted by Crippen LogP contribution is -2.15. The third-order valence-electron chi connectivity index (χ3n) is 2.23. The van der Waals surface area contributed by atoms with Crippen LogP contribution >= 0.6 is 0 Å². The summed E-state index contributed by atoms with van der Waals surface area (Å²) in [4.78, 5) is 10.5. The van der Waals surface area contributed by atoms with Crippen molar-refractivity contribution < 1.29 is 22.8 Å². The smallest absolute Gasteiger partial charge is 0.335 e. The van der Waals surface area contributed by atoms with Crippen LogP contribution in [0, 0.1) is 0 Å². The third-order valence-corrected chi connectivity index (χ3v) is 3.69. The SMILES string of the molecule is Nc1cc(C(=O)O)ccc1S(=O)(=O)Nc1cnoc1. The number of benzene rings is 1. The molecule has 9 heteroatoms. The summed E-state index contributed by atoms with van der Waals surface area (Å²) in [5.74, 6) is -1.19. The van der Waals surface area contributed by atoms with Crippen molar-refractivity contribution in [3.63, 3.8) is 0 Å². The third kappa shape index (κ3) is 2.65. The van der Waals surface area contributed by atoms with Gasteiger partial charge in [0.1, 0.15) is 16.8 Å². The Balaban J connectivity index is 2.38. The summed E-state index contributed by atoms with van der Waals surface area (Å²) < 4.78 is 30.7. The summed E-state index contributed by atoms with van der Waals surface area (Å²) in [6.45, 7) is 0. The highest BCUT2D eigenvalue weighted by atomic mass is 32.2. The fourth-order valence-electron chi connectivity index (χ4n) is 1.39. The average molecular weight is 283 g/mol. The van der Waals surface area contributed by atoms with Crippen LogP contribution < -0.4 is 10.5 Å². The number of rotatable bonds is 4. The Kier molecular flexibility index (Phi) is 3.13. The van der Waals surface area contributed by atoms with E-state index >= 15 is 0 Å². The highest BCUT2D eigenvalue weighted by Gasteiger charge is 2.19. The van der Waals surface area contributed by atoms with Crippen molar-refractivity contribution in [3.05, 3.63) is 36.2 Å². The van der Waals surface area contributed by atoms with Crippen molar-refractivity contribution in [2.24, 2.45) is 0 Å². The van der Waals surface area contributed by atoms with Crippen LogP contribution in [0.15, 0.2) is 40.1 Å². The number of sulfonamides is 1. The number of carboxylic acid groups (broad SMARTS) is 1. The molecule has 0 spiro atoms. The monoisotopic (exact) mass is 283 g/mol. The molecule has 4 N–H and O–H groups in total. The molecule has 0 bridgehead atoms. The van der Waals surface area contributed by atoms with Crippen LogP contribution in [0.5, 0.6) is 0 Å². The zero-order valence-electron chi connectivity index (χ0n) is 9.40. The van der Waals surface area contributed by atoms with Crippen LogP contribution in [-0.2, 0) is 10.0 Å². The van der Waals surface area contributed by atoms with E-state index in [0.717, 1.165) is 24.5 Å². The number of carboxylic acids is 1. The highest BCUT2D eigenvalue weighted by molar-refractivity contribution is 7.92. The molecule has 8 nitrogen and oxygen atoms in total. The van der Waals surface area contributed by atoms with Crippen molar-refractivity contribution in [1.82, 2.24) is 5.16 Å². The number of hydrogen-bond acceptors (Lipinski definition) is 6. The molecule has 1 aromatic carbocycles. The molecule has 0 fully saturated rings. The largest absolute Gasteiger partial charge is 0.478 e. The van der Waals surface area contributed by atoms with Crippen molar-refractivity contribution in [3.8, 4) is 0 Å². The van der Waals surface area contributed by atoms with Crippen LogP contribution in [0.4, 0.5) is 11.4 Å². The lowest BCUT2D eigenvalue weighted by Gasteiger charge is -2.08. The van der Waals surface area contributed by atoms with E-state index in [2.05, 4.69) is 14.4 Å². The molecule has 2 rings (SSSR count). The molecule has 2 aromatic rings. The number of nitrogens with one attached hydrogen (secondary N) is 1. The van der Waals surface area contributed by atoms with E-state index in [4.69, 9.17) is 10.8 Å². The Hall–Kier alpha value is -2.55. The van der Waals surface area contributed by atoms with Crippen molar-refractivity contribution in [1.29, 1.82) is 0 Å². The lowest BCUT2D eigenvalue weighted by molar-refractivity contribution is 0.0697. The standard InChI is InChI=1S/C10H9N3O5S/c11-8-3-6(10(14)15)1-2-9(8)19(16,17)13-7-4-12-18-5-7/h1-5,13H,11H2,(H,14,15). The maximum atomic E-state index is 12.0. The minimum Gasteiger partial charge on any atom is -0.478 e. The summed E-state index contributed by atoms with van der Waals surface area (Å²) in [6.07, 6.45) is 2.29. The van der Waals surface area contributed by atoms with Gasteiger partial charge in [-0.25, -0.2) is 13.2 Å². The molecule has 0 aliphatic heterocycles. The number of hydrogen-bond donors (Lipinski definition) is 3. The van der Waals surface area contributed by atoms with Crippen LogP contribution in [-0.4, -0.2) is 24.7 Å². The Labute approximate surface area is 107 Å². The fourth-order valence-corrected chi connectivity index (χ4v) is 2.53. The molecule has 0 amide bonds. The maximum Gasteiger partial charge on any atom is 0.335 e. The average Bonchev–Trinajstić information content (AvgIpc) is 2.80. The van der Waals surface area contributed by atoms with Gasteiger partial charge in [-0.3, -0.25) is 4.72 Å². The maximum absolute atomic E-state index is 12.0. The number of anilines is 2. The molecule has 0 aliphatic carbocycles. The quantitative estimate of drug-likeness (QED) is 0.704. The van der Waals surface area contributed by atoms with E-state index in [1.165, 1.54) is 6.20 Å². The second-order valence-corrected chi connectivity index (χ2v) is 5.23. The van der Waals surface area contributed by atoms with Gasteiger partial charge in [0.25, 0.3) is 10.0 Å². The van der Waals surface area contributed by atoms with E-state index in [1.54, 1.807) is 0 Å². The van der Waals surface area contributed by atoms with Gasteiger partial charge >= 0.3 is 5.97 Å². The van der Waals surface area contributed by atoms with Gasteiger partial charge in [0.05, 0.1) is 17.4 Å². The van der Waals surface area contributed by atoms with E-state index in [9.17, 15) is 13.2 Å². The Morgan fingerprint density at radius 2 is 2.16 bits per heavy atom. The van der Waals surface area contributed by atoms with E-state index in [-0.39, 0.29) is 21.8 Å². The van der Waals surface area contributed by atoms with Crippen LogP contribution in [0.25, 0.3) is 0 Å². The van der Waals surface area contributed by atoms with E-state index in [0.29, 0.717) is 0 Å². The second kappa shape index (κ2) is 4.61. The number of nitrogen functional groups attached to an aromatic ring is 1. The predicted octanol–water partition coefficient (Wildman–Crippen LogP) is 0.756. The highest BCUT2D eigenvalue weighted by Crippen LogP contribution is 2.22. The van der Waals surface area contributed by atoms with Gasteiger partial charge in [-0.2, -0.15) is 0 Å². The van der Waals surface area contributed by atoms with Gasteiger partial charge in [0.15, 0.2) is 0 Å². The molecule has 1 aromatic heterocycles. The fraction of sp³-hybridized carbons (Fsp3) is 0. The van der Waals surface area contributed by atoms with Gasteiger partial charge < -0.3 is 15.4 Å². The zero-order chi connectivity index (χ0) is 14.0. The normalized spacial score (nSPS) is 11.2. The van der Waals surface area contributed by atoms with Gasteiger partial charge in [-0.1, -0.05) is 5.16 Å². The van der Waals surface area contributed by atoms with Crippen LogP contribution in [0.3, 0.4) is 0 Å². The molecular formula is C10H9N3O5S. The number of aromatic nitrogens is 1. The summed E-state index contributed by atoms with van der Waals surface area (Å²) >= 11 is 0. The topological polar surface area (TPSA) is 136 Å². The van der Waals surface area contributed by atoms with E-state index < -0.39 is 16.0 Å². The van der Waals surface area contributed by atoms with Crippen molar-refractivity contribution in [2.45, 2.75) is 4.90 Å². The van der Waals surface area contributed by atoms with Crippen LogP contribution in [0.1, 0.15) is 10.4 Å². The Morgan fingerprint density at radius 1 is 1.42 bits per heavy atom. The number of nitrogens with zero attached hydrogens (tertiary/aromatic N) is 1. The number of nitrogens with two attached hydrogens (primary N) is 1. The van der Waals surface area contributed by atoms with Gasteiger partial charge in [0, 0.05) is 0 Å². The number of aromatic carboxylic acids is 1. The summed E-state index contributed by atoms with van der Waals surface area (Å²) in [6, 6.07) is 3.35. The van der Waals surface area contributed by atoms with Crippen LogP contribution in [0.2, 0.25) is 0 Å². The van der Waals surface area contributed by atoms with Crippen molar-refractivity contribution >= 4 is 27.4 Å². The lowest BCUT2D eigenvalue weighted by atomic mass is 10.2. The first-order valence-corrected chi connectivity index (χ1v) is 6.43. The minimum atomic E-state index is -3.92.